The van der Waals surface area contributed by atoms with E-state index in [1.807, 2.05) is 42.5 Å². The van der Waals surface area contributed by atoms with Crippen LogP contribution in [0.5, 0.6) is 0 Å². The number of hydrogen-bond donors (Lipinski definition) is 1. The third-order valence-electron chi connectivity index (χ3n) is 6.76. The lowest BCUT2D eigenvalue weighted by Gasteiger charge is -2.24. The molecule has 1 aliphatic carbocycles. The summed E-state index contributed by atoms with van der Waals surface area (Å²) in [5.41, 5.74) is 2.05. The second kappa shape index (κ2) is 8.51. The number of aromatic nitrogens is 1. The van der Waals surface area contributed by atoms with Gasteiger partial charge in [0.25, 0.3) is 5.91 Å². The van der Waals surface area contributed by atoms with E-state index in [0.29, 0.717) is 17.6 Å². The van der Waals surface area contributed by atoms with Crippen LogP contribution in [-0.2, 0) is 16.1 Å². The molecule has 2 heterocycles. The first kappa shape index (κ1) is 22.5. The number of rotatable bonds is 7. The number of para-hydroxylation sites is 1. The average Bonchev–Trinajstić information content (AvgIpc) is 3.55. The van der Waals surface area contributed by atoms with E-state index in [-0.39, 0.29) is 24.3 Å². The van der Waals surface area contributed by atoms with Crippen molar-refractivity contribution in [1.82, 2.24) is 15.2 Å². The van der Waals surface area contributed by atoms with Crippen LogP contribution >= 0.6 is 11.3 Å². The Morgan fingerprint density at radius 1 is 1.18 bits per heavy atom. The molecule has 1 aromatic heterocycles. The van der Waals surface area contributed by atoms with Crippen LogP contribution in [0.4, 0.5) is 9.93 Å². The van der Waals surface area contributed by atoms with Crippen molar-refractivity contribution in [3.8, 4) is 0 Å². The predicted octanol–water partition coefficient (Wildman–Crippen LogP) is 4.67. The van der Waals surface area contributed by atoms with Crippen LogP contribution in [0.2, 0.25) is 0 Å². The summed E-state index contributed by atoms with van der Waals surface area (Å²) in [7, 11) is 0. The number of amides is 4. The number of nitrogens with zero attached hydrogens (tertiary/aromatic N) is 3. The maximum atomic E-state index is 13.6. The molecule has 2 aliphatic rings. The Bertz CT molecular complexity index is 1270. The lowest BCUT2D eigenvalue weighted by atomic mass is 9.96. The molecule has 176 valence electrons. The van der Waals surface area contributed by atoms with Crippen LogP contribution in [0.3, 0.4) is 0 Å². The molecule has 1 atom stereocenters. The maximum Gasteiger partial charge on any atom is 0.325 e. The van der Waals surface area contributed by atoms with E-state index in [2.05, 4.69) is 25.2 Å². The van der Waals surface area contributed by atoms with Gasteiger partial charge in [-0.15, -0.1) is 0 Å². The molecule has 0 radical (unpaired) electrons. The third-order valence-corrected chi connectivity index (χ3v) is 7.81. The standard InChI is InChI=1S/C26H28N4O3S/c1-16(2)19-10-7-11-20-22(19)27-25(34-20)29(14-17-8-5-4-6-9-17)21(31)15-30-23(32)26(3,18-12-13-18)28-24(30)33/h4-11,16,18H,12-15H2,1-3H3,(H,28,33). The molecular formula is C26H28N4O3S. The van der Waals surface area contributed by atoms with Gasteiger partial charge in [0.05, 0.1) is 16.8 Å². The fourth-order valence-corrected chi connectivity index (χ4v) is 5.60. The molecule has 4 amide bonds. The van der Waals surface area contributed by atoms with E-state index in [1.165, 1.54) is 11.3 Å². The Hall–Kier alpha value is -3.26. The van der Waals surface area contributed by atoms with Gasteiger partial charge in [-0.1, -0.05) is 67.6 Å². The minimum Gasteiger partial charge on any atom is -0.323 e. The number of anilines is 1. The number of imide groups is 1. The highest BCUT2D eigenvalue weighted by atomic mass is 32.1. The van der Waals surface area contributed by atoms with E-state index in [4.69, 9.17) is 4.98 Å². The first-order chi connectivity index (χ1) is 16.3. The molecule has 1 aliphatic heterocycles. The zero-order chi connectivity index (χ0) is 24.0. The zero-order valence-corrected chi connectivity index (χ0v) is 20.4. The molecule has 2 aromatic carbocycles. The summed E-state index contributed by atoms with van der Waals surface area (Å²) >= 11 is 1.45. The lowest BCUT2D eigenvalue weighted by Crippen LogP contribution is -2.47. The summed E-state index contributed by atoms with van der Waals surface area (Å²) in [5.74, 6) is -0.219. The number of carbonyl (C=O) groups excluding carboxylic acids is 3. The third kappa shape index (κ3) is 3.96. The highest BCUT2D eigenvalue weighted by Crippen LogP contribution is 2.42. The van der Waals surface area contributed by atoms with Crippen molar-refractivity contribution in [3.63, 3.8) is 0 Å². The number of nitrogens with one attached hydrogen (secondary N) is 1. The van der Waals surface area contributed by atoms with Gasteiger partial charge < -0.3 is 5.32 Å². The lowest BCUT2D eigenvalue weighted by molar-refractivity contribution is -0.134. The molecule has 34 heavy (non-hydrogen) atoms. The molecule has 2 fully saturated rings. The number of carbonyl (C=O) groups is 3. The van der Waals surface area contributed by atoms with Gasteiger partial charge >= 0.3 is 6.03 Å². The first-order valence-corrected chi connectivity index (χ1v) is 12.5. The van der Waals surface area contributed by atoms with Gasteiger partial charge in [0.1, 0.15) is 12.1 Å². The van der Waals surface area contributed by atoms with Crippen molar-refractivity contribution in [2.24, 2.45) is 5.92 Å². The van der Waals surface area contributed by atoms with Crippen molar-refractivity contribution >= 4 is 44.5 Å². The summed E-state index contributed by atoms with van der Waals surface area (Å²) in [6.45, 7) is 6.00. The van der Waals surface area contributed by atoms with E-state index in [0.717, 1.165) is 39.1 Å². The van der Waals surface area contributed by atoms with E-state index < -0.39 is 11.6 Å². The normalized spacial score (nSPS) is 20.3. The molecule has 1 N–H and O–H groups in total. The molecule has 3 aromatic rings. The Kier molecular flexibility index (Phi) is 5.64. The smallest absolute Gasteiger partial charge is 0.323 e. The summed E-state index contributed by atoms with van der Waals surface area (Å²) in [5, 5.41) is 3.38. The second-order valence-corrected chi connectivity index (χ2v) is 10.6. The number of benzene rings is 2. The van der Waals surface area contributed by atoms with Gasteiger partial charge in [-0.25, -0.2) is 9.78 Å². The molecule has 8 heteroatoms. The predicted molar refractivity (Wildman–Crippen MR) is 133 cm³/mol. The van der Waals surface area contributed by atoms with Crippen molar-refractivity contribution in [2.75, 3.05) is 11.4 Å². The van der Waals surface area contributed by atoms with Gasteiger partial charge in [-0.05, 0) is 48.8 Å². The number of fused-ring (bicyclic) bond motifs is 1. The molecule has 1 saturated heterocycles. The number of hydrogen-bond acceptors (Lipinski definition) is 5. The Morgan fingerprint density at radius 3 is 2.59 bits per heavy atom. The highest BCUT2D eigenvalue weighted by molar-refractivity contribution is 7.22. The molecule has 7 nitrogen and oxygen atoms in total. The van der Waals surface area contributed by atoms with Crippen LogP contribution in [0.15, 0.2) is 48.5 Å². The van der Waals surface area contributed by atoms with E-state index in [1.54, 1.807) is 11.8 Å². The van der Waals surface area contributed by atoms with Crippen molar-refractivity contribution < 1.29 is 14.4 Å². The van der Waals surface area contributed by atoms with Crippen LogP contribution in [0.25, 0.3) is 10.2 Å². The molecule has 0 bridgehead atoms. The quantitative estimate of drug-likeness (QED) is 0.502. The van der Waals surface area contributed by atoms with Crippen LogP contribution in [-0.4, -0.2) is 39.8 Å². The summed E-state index contributed by atoms with van der Waals surface area (Å²) in [4.78, 5) is 46.9. The molecule has 1 unspecified atom stereocenters. The average molecular weight is 477 g/mol. The summed E-state index contributed by atoms with van der Waals surface area (Å²) < 4.78 is 1.00. The zero-order valence-electron chi connectivity index (χ0n) is 19.6. The van der Waals surface area contributed by atoms with Crippen LogP contribution in [0, 0.1) is 5.92 Å². The maximum absolute atomic E-state index is 13.6. The minimum absolute atomic E-state index is 0.142. The second-order valence-electron chi connectivity index (χ2n) is 9.61. The van der Waals surface area contributed by atoms with E-state index >= 15 is 0 Å². The van der Waals surface area contributed by atoms with Gasteiger partial charge in [-0.2, -0.15) is 0 Å². The molecular weight excluding hydrogens is 448 g/mol. The topological polar surface area (TPSA) is 82.6 Å². The summed E-state index contributed by atoms with van der Waals surface area (Å²) in [6.07, 6.45) is 1.82. The molecule has 5 rings (SSSR count). The molecule has 1 saturated carbocycles. The van der Waals surface area contributed by atoms with Crippen molar-refractivity contribution in [2.45, 2.75) is 51.6 Å². The first-order valence-electron chi connectivity index (χ1n) is 11.7. The highest BCUT2D eigenvalue weighted by Gasteiger charge is 2.56. The Morgan fingerprint density at radius 2 is 1.91 bits per heavy atom. The Balaban J connectivity index is 1.47. The largest absolute Gasteiger partial charge is 0.325 e. The van der Waals surface area contributed by atoms with Crippen molar-refractivity contribution in [1.29, 1.82) is 0 Å². The monoisotopic (exact) mass is 476 g/mol. The fraction of sp³-hybridized carbons (Fsp3) is 0.385. The number of thiazole rings is 1. The number of urea groups is 1. The molecule has 0 spiro atoms. The van der Waals surface area contributed by atoms with Crippen LogP contribution < -0.4 is 10.2 Å². The van der Waals surface area contributed by atoms with Gasteiger partial charge in [-0.3, -0.25) is 19.4 Å². The fourth-order valence-electron chi connectivity index (χ4n) is 4.59. The van der Waals surface area contributed by atoms with Gasteiger partial charge in [0.15, 0.2) is 5.13 Å². The van der Waals surface area contributed by atoms with Gasteiger partial charge in [0, 0.05) is 0 Å². The van der Waals surface area contributed by atoms with Gasteiger partial charge in [0.2, 0.25) is 5.91 Å². The van der Waals surface area contributed by atoms with E-state index in [9.17, 15) is 14.4 Å². The summed E-state index contributed by atoms with van der Waals surface area (Å²) in [6, 6.07) is 15.2. The minimum atomic E-state index is -0.913. The Labute approximate surface area is 202 Å². The SMILES string of the molecule is CC(C)c1cccc2sc(N(Cc3ccccc3)C(=O)CN3C(=O)NC(C)(C4CC4)C3=O)nc12. The van der Waals surface area contributed by atoms with Crippen molar-refractivity contribution in [3.05, 3.63) is 59.7 Å². The van der Waals surface area contributed by atoms with Crippen LogP contribution in [0.1, 0.15) is 50.7 Å².